The summed E-state index contributed by atoms with van der Waals surface area (Å²) in [6, 6.07) is 5.97. The lowest BCUT2D eigenvalue weighted by Crippen LogP contribution is -2.38. The lowest BCUT2D eigenvalue weighted by molar-refractivity contribution is 0.0526. The zero-order chi connectivity index (χ0) is 15.3. The fourth-order valence-electron chi connectivity index (χ4n) is 1.48. The maximum Gasteiger partial charge on any atom is 0.407 e. The van der Waals surface area contributed by atoms with Gasteiger partial charge in [-0.05, 0) is 61.8 Å². The van der Waals surface area contributed by atoms with Gasteiger partial charge in [-0.2, -0.15) is 0 Å². The van der Waals surface area contributed by atoms with E-state index in [0.29, 0.717) is 6.54 Å². The molecular weight excluding hydrogens is 388 g/mol. The third-order valence-electron chi connectivity index (χ3n) is 2.28. The summed E-state index contributed by atoms with van der Waals surface area (Å²) >= 11 is 6.91. The van der Waals surface area contributed by atoms with Crippen LogP contribution in [0.1, 0.15) is 27.7 Å². The predicted molar refractivity (Wildman–Crippen MR) is 89.2 cm³/mol. The summed E-state index contributed by atoms with van der Waals surface area (Å²) in [5.41, 5.74) is 0.492. The number of hydrogen-bond donors (Lipinski definition) is 2. The van der Waals surface area contributed by atoms with Crippen molar-refractivity contribution in [3.05, 3.63) is 27.1 Å². The Hall–Kier alpha value is -0.750. The molecule has 2 N–H and O–H groups in total. The van der Waals surface area contributed by atoms with E-state index >= 15 is 0 Å². The molecule has 0 saturated heterocycles. The molecule has 1 aromatic rings. The normalized spacial score (nSPS) is 12.7. The maximum absolute atomic E-state index is 11.6. The molecule has 0 aliphatic heterocycles. The van der Waals surface area contributed by atoms with Crippen molar-refractivity contribution >= 4 is 43.6 Å². The molecule has 0 radical (unpaired) electrons. The van der Waals surface area contributed by atoms with Crippen molar-refractivity contribution in [1.29, 1.82) is 0 Å². The highest BCUT2D eigenvalue weighted by Gasteiger charge is 2.16. The highest BCUT2D eigenvalue weighted by molar-refractivity contribution is 9.11. The Kier molecular flexibility index (Phi) is 6.33. The van der Waals surface area contributed by atoms with Crippen molar-refractivity contribution in [3.63, 3.8) is 0 Å². The van der Waals surface area contributed by atoms with Crippen LogP contribution in [0.25, 0.3) is 0 Å². The quantitative estimate of drug-likeness (QED) is 0.770. The average molecular weight is 408 g/mol. The molecular formula is C14H20Br2N2O2. The van der Waals surface area contributed by atoms with Crippen molar-refractivity contribution in [3.8, 4) is 0 Å². The maximum atomic E-state index is 11.6. The van der Waals surface area contributed by atoms with Crippen LogP contribution in [0, 0.1) is 0 Å². The molecule has 0 fully saturated rings. The summed E-state index contributed by atoms with van der Waals surface area (Å²) in [7, 11) is 0. The van der Waals surface area contributed by atoms with Crippen LogP contribution < -0.4 is 10.6 Å². The number of benzene rings is 1. The van der Waals surface area contributed by atoms with E-state index in [1.54, 1.807) is 0 Å². The van der Waals surface area contributed by atoms with E-state index in [-0.39, 0.29) is 6.04 Å². The second-order valence-electron chi connectivity index (χ2n) is 5.55. The standard InChI is InChI=1S/C14H20Br2N2O2/c1-9(8-17-13(19)20-14(2,3)4)18-12-7-10(15)5-6-11(12)16/h5-7,9,18H,8H2,1-4H3,(H,17,19). The number of ether oxygens (including phenoxy) is 1. The number of amides is 1. The van der Waals surface area contributed by atoms with E-state index in [2.05, 4.69) is 42.5 Å². The molecule has 1 amide bonds. The molecule has 0 heterocycles. The lowest BCUT2D eigenvalue weighted by atomic mass is 10.2. The summed E-state index contributed by atoms with van der Waals surface area (Å²) in [5.74, 6) is 0. The van der Waals surface area contributed by atoms with Gasteiger partial charge >= 0.3 is 6.09 Å². The van der Waals surface area contributed by atoms with Crippen LogP contribution in [0.2, 0.25) is 0 Å². The Balaban J connectivity index is 2.46. The Morgan fingerprint density at radius 1 is 1.35 bits per heavy atom. The second-order valence-corrected chi connectivity index (χ2v) is 7.32. The van der Waals surface area contributed by atoms with Crippen LogP contribution in [0.3, 0.4) is 0 Å². The largest absolute Gasteiger partial charge is 0.444 e. The molecule has 4 nitrogen and oxygen atoms in total. The molecule has 6 heteroatoms. The van der Waals surface area contributed by atoms with Crippen molar-refractivity contribution < 1.29 is 9.53 Å². The molecule has 112 valence electrons. The molecule has 0 aliphatic carbocycles. The third-order valence-corrected chi connectivity index (χ3v) is 3.47. The second kappa shape index (κ2) is 7.31. The van der Waals surface area contributed by atoms with Crippen LogP contribution >= 0.6 is 31.9 Å². The van der Waals surface area contributed by atoms with Gasteiger partial charge in [-0.3, -0.25) is 0 Å². The van der Waals surface area contributed by atoms with Gasteiger partial charge < -0.3 is 15.4 Å². The lowest BCUT2D eigenvalue weighted by Gasteiger charge is -2.21. The van der Waals surface area contributed by atoms with Gasteiger partial charge in [-0.15, -0.1) is 0 Å². The SMILES string of the molecule is CC(CNC(=O)OC(C)(C)C)Nc1cc(Br)ccc1Br. The highest BCUT2D eigenvalue weighted by Crippen LogP contribution is 2.26. The van der Waals surface area contributed by atoms with Gasteiger partial charge in [-0.1, -0.05) is 15.9 Å². The van der Waals surface area contributed by atoms with Crippen molar-refractivity contribution in [1.82, 2.24) is 5.32 Å². The number of anilines is 1. The zero-order valence-electron chi connectivity index (χ0n) is 12.1. The Labute approximate surface area is 136 Å². The fourth-order valence-corrected chi connectivity index (χ4v) is 2.20. The van der Waals surface area contributed by atoms with E-state index in [0.717, 1.165) is 14.6 Å². The minimum atomic E-state index is -0.478. The Morgan fingerprint density at radius 3 is 2.60 bits per heavy atom. The van der Waals surface area contributed by atoms with Gasteiger partial charge in [0.15, 0.2) is 0 Å². The van der Waals surface area contributed by atoms with Crippen LogP contribution in [0.15, 0.2) is 27.1 Å². The predicted octanol–water partition coefficient (Wildman–Crippen LogP) is 4.54. The van der Waals surface area contributed by atoms with E-state index < -0.39 is 11.7 Å². The van der Waals surface area contributed by atoms with Crippen LogP contribution in [0.4, 0.5) is 10.5 Å². The summed E-state index contributed by atoms with van der Waals surface area (Å²) in [6.45, 7) is 7.99. The number of alkyl carbamates (subject to hydrolysis) is 1. The topological polar surface area (TPSA) is 50.4 Å². The number of hydrogen-bond acceptors (Lipinski definition) is 3. The number of rotatable bonds is 4. The molecule has 0 bridgehead atoms. The first-order valence-corrected chi connectivity index (χ1v) is 7.94. The fraction of sp³-hybridized carbons (Fsp3) is 0.500. The number of halogens is 2. The van der Waals surface area contributed by atoms with Crippen molar-refractivity contribution in [2.24, 2.45) is 0 Å². The first-order chi connectivity index (χ1) is 9.17. The van der Waals surface area contributed by atoms with Crippen molar-refractivity contribution in [2.45, 2.75) is 39.3 Å². The molecule has 1 rings (SSSR count). The van der Waals surface area contributed by atoms with Gasteiger partial charge in [0.1, 0.15) is 5.60 Å². The van der Waals surface area contributed by atoms with E-state index in [4.69, 9.17) is 4.74 Å². The first-order valence-electron chi connectivity index (χ1n) is 6.36. The van der Waals surface area contributed by atoms with Gasteiger partial charge in [0, 0.05) is 27.2 Å². The number of carbonyl (C=O) groups is 1. The molecule has 0 saturated carbocycles. The molecule has 20 heavy (non-hydrogen) atoms. The van der Waals surface area contributed by atoms with Gasteiger partial charge in [0.25, 0.3) is 0 Å². The monoisotopic (exact) mass is 406 g/mol. The third kappa shape index (κ3) is 6.61. The summed E-state index contributed by atoms with van der Waals surface area (Å²) in [4.78, 5) is 11.6. The van der Waals surface area contributed by atoms with E-state index in [1.807, 2.05) is 45.9 Å². The van der Waals surface area contributed by atoms with Crippen LogP contribution in [0.5, 0.6) is 0 Å². The Bertz CT molecular complexity index is 473. The van der Waals surface area contributed by atoms with Gasteiger partial charge in [-0.25, -0.2) is 4.79 Å². The molecule has 0 spiro atoms. The summed E-state index contributed by atoms with van der Waals surface area (Å²) < 4.78 is 7.16. The minimum Gasteiger partial charge on any atom is -0.444 e. The molecule has 1 atom stereocenters. The molecule has 1 aromatic carbocycles. The van der Waals surface area contributed by atoms with E-state index in [1.165, 1.54) is 0 Å². The van der Waals surface area contributed by atoms with E-state index in [9.17, 15) is 4.79 Å². The average Bonchev–Trinajstić information content (AvgIpc) is 2.29. The van der Waals surface area contributed by atoms with Gasteiger partial charge in [0.05, 0.1) is 0 Å². The summed E-state index contributed by atoms with van der Waals surface area (Å²) in [5, 5.41) is 6.06. The van der Waals surface area contributed by atoms with Gasteiger partial charge in [0.2, 0.25) is 0 Å². The smallest absolute Gasteiger partial charge is 0.407 e. The minimum absolute atomic E-state index is 0.0770. The zero-order valence-corrected chi connectivity index (χ0v) is 15.3. The number of carbonyl (C=O) groups excluding carboxylic acids is 1. The van der Waals surface area contributed by atoms with Crippen LogP contribution in [-0.4, -0.2) is 24.3 Å². The van der Waals surface area contributed by atoms with Crippen molar-refractivity contribution in [2.75, 3.05) is 11.9 Å². The molecule has 0 aliphatic rings. The number of nitrogens with one attached hydrogen (secondary N) is 2. The summed E-state index contributed by atoms with van der Waals surface area (Å²) in [6.07, 6.45) is -0.403. The molecule has 0 aromatic heterocycles. The first kappa shape index (κ1) is 17.3. The Morgan fingerprint density at radius 2 is 2.00 bits per heavy atom. The highest BCUT2D eigenvalue weighted by atomic mass is 79.9. The molecule has 1 unspecified atom stereocenters. The van der Waals surface area contributed by atoms with Crippen LogP contribution in [-0.2, 0) is 4.74 Å².